The third-order valence-corrected chi connectivity index (χ3v) is 4.45. The Bertz CT molecular complexity index is 802. The molecule has 0 atom stereocenters. The summed E-state index contributed by atoms with van der Waals surface area (Å²) in [6.07, 6.45) is 2.13. The molecule has 2 heterocycles. The summed E-state index contributed by atoms with van der Waals surface area (Å²) in [4.78, 5) is 25.9. The molecular formula is C19H18N2O3. The van der Waals surface area contributed by atoms with Gasteiger partial charge < -0.3 is 15.0 Å². The Kier molecular flexibility index (Phi) is 3.69. The Morgan fingerprint density at radius 3 is 2.62 bits per heavy atom. The number of nitrogens with zero attached hydrogens (tertiary/aromatic N) is 1. The standard InChI is InChI=1S/C19H18N2O3/c22-17(12-24-16-4-2-1-3-5-16)20-15-10-13-6-7-18(23)21-9-8-14(11-15)19(13)21/h1-5,10-11H,6-9,12H2,(H,20,22). The predicted molar refractivity (Wildman–Crippen MR) is 91.4 cm³/mol. The van der Waals surface area contributed by atoms with E-state index in [9.17, 15) is 9.59 Å². The molecule has 122 valence electrons. The van der Waals surface area contributed by atoms with Gasteiger partial charge in [0.05, 0.1) is 5.69 Å². The van der Waals surface area contributed by atoms with E-state index in [-0.39, 0.29) is 18.4 Å². The minimum absolute atomic E-state index is 0.0267. The second-order valence-electron chi connectivity index (χ2n) is 6.09. The third kappa shape index (κ3) is 2.73. The van der Waals surface area contributed by atoms with E-state index in [1.165, 1.54) is 0 Å². The lowest BCUT2D eigenvalue weighted by molar-refractivity contribution is -0.119. The maximum atomic E-state index is 12.1. The minimum Gasteiger partial charge on any atom is -0.484 e. The second kappa shape index (κ2) is 6.00. The Labute approximate surface area is 140 Å². The van der Waals surface area contributed by atoms with Crippen molar-refractivity contribution in [3.63, 3.8) is 0 Å². The van der Waals surface area contributed by atoms with Crippen molar-refractivity contribution in [1.82, 2.24) is 0 Å². The zero-order valence-electron chi connectivity index (χ0n) is 13.2. The van der Waals surface area contributed by atoms with Crippen molar-refractivity contribution in [1.29, 1.82) is 0 Å². The van der Waals surface area contributed by atoms with Crippen LogP contribution in [0, 0.1) is 0 Å². The second-order valence-corrected chi connectivity index (χ2v) is 6.09. The number of hydrogen-bond acceptors (Lipinski definition) is 3. The van der Waals surface area contributed by atoms with E-state index < -0.39 is 0 Å². The Morgan fingerprint density at radius 2 is 1.83 bits per heavy atom. The molecule has 2 aromatic rings. The average Bonchev–Trinajstić information content (AvgIpc) is 3.03. The highest BCUT2D eigenvalue weighted by molar-refractivity contribution is 6.00. The van der Waals surface area contributed by atoms with Crippen LogP contribution in [0.1, 0.15) is 17.5 Å². The normalized spacial score (nSPS) is 15.2. The molecule has 0 fully saturated rings. The highest BCUT2D eigenvalue weighted by Gasteiger charge is 2.31. The first-order valence-corrected chi connectivity index (χ1v) is 8.14. The van der Waals surface area contributed by atoms with E-state index in [4.69, 9.17) is 4.74 Å². The van der Waals surface area contributed by atoms with Crippen molar-refractivity contribution >= 4 is 23.2 Å². The van der Waals surface area contributed by atoms with Crippen molar-refractivity contribution in [2.24, 2.45) is 0 Å². The number of rotatable bonds is 4. The molecule has 2 aliphatic heterocycles. The van der Waals surface area contributed by atoms with Crippen molar-refractivity contribution < 1.29 is 14.3 Å². The van der Waals surface area contributed by atoms with Gasteiger partial charge in [-0.05, 0) is 48.2 Å². The number of ether oxygens (including phenoxy) is 1. The lowest BCUT2D eigenvalue weighted by Crippen LogP contribution is -2.32. The number of anilines is 2. The maximum Gasteiger partial charge on any atom is 0.262 e. The molecule has 0 aliphatic carbocycles. The molecule has 24 heavy (non-hydrogen) atoms. The van der Waals surface area contributed by atoms with Gasteiger partial charge in [0.25, 0.3) is 5.91 Å². The van der Waals surface area contributed by atoms with E-state index in [2.05, 4.69) is 5.32 Å². The summed E-state index contributed by atoms with van der Waals surface area (Å²) in [6, 6.07) is 13.2. The van der Waals surface area contributed by atoms with Gasteiger partial charge in [-0.1, -0.05) is 18.2 Å². The zero-order valence-corrected chi connectivity index (χ0v) is 13.2. The molecule has 0 bridgehead atoms. The number of amides is 2. The third-order valence-electron chi connectivity index (χ3n) is 4.45. The van der Waals surface area contributed by atoms with Crippen LogP contribution in [-0.2, 0) is 22.4 Å². The van der Waals surface area contributed by atoms with Gasteiger partial charge in [-0.3, -0.25) is 9.59 Å². The number of para-hydroxylation sites is 1. The number of nitrogens with one attached hydrogen (secondary N) is 1. The smallest absolute Gasteiger partial charge is 0.262 e. The van der Waals surface area contributed by atoms with Gasteiger partial charge in [0.1, 0.15) is 5.75 Å². The summed E-state index contributed by atoms with van der Waals surface area (Å²) in [5, 5.41) is 2.90. The van der Waals surface area contributed by atoms with Crippen LogP contribution in [0.15, 0.2) is 42.5 Å². The van der Waals surface area contributed by atoms with Crippen molar-refractivity contribution in [3.05, 3.63) is 53.6 Å². The fraction of sp³-hybridized carbons (Fsp3) is 0.263. The average molecular weight is 322 g/mol. The molecule has 5 heteroatoms. The molecular weight excluding hydrogens is 304 g/mol. The first kappa shape index (κ1) is 14.8. The van der Waals surface area contributed by atoms with Crippen LogP contribution in [0.5, 0.6) is 5.75 Å². The van der Waals surface area contributed by atoms with E-state index in [1.54, 1.807) is 0 Å². The van der Waals surface area contributed by atoms with Crippen molar-refractivity contribution in [3.8, 4) is 5.75 Å². The molecule has 2 aromatic carbocycles. The van der Waals surface area contributed by atoms with Gasteiger partial charge in [-0.25, -0.2) is 0 Å². The molecule has 1 N–H and O–H groups in total. The van der Waals surface area contributed by atoms with Crippen molar-refractivity contribution in [2.45, 2.75) is 19.3 Å². The Morgan fingerprint density at radius 1 is 1.08 bits per heavy atom. The summed E-state index contributed by atoms with van der Waals surface area (Å²) in [5.74, 6) is 0.688. The van der Waals surface area contributed by atoms with Crippen LogP contribution in [0.25, 0.3) is 0 Å². The molecule has 0 unspecified atom stereocenters. The monoisotopic (exact) mass is 322 g/mol. The van der Waals surface area contributed by atoms with E-state index in [0.29, 0.717) is 12.2 Å². The van der Waals surface area contributed by atoms with Crippen LogP contribution >= 0.6 is 0 Å². The van der Waals surface area contributed by atoms with Crippen molar-refractivity contribution in [2.75, 3.05) is 23.4 Å². The summed E-state index contributed by atoms with van der Waals surface area (Å²) in [7, 11) is 0. The lowest BCUT2D eigenvalue weighted by atomic mass is 9.98. The summed E-state index contributed by atoms with van der Waals surface area (Å²) in [6.45, 7) is 0.719. The lowest BCUT2D eigenvalue weighted by Gasteiger charge is -2.25. The first-order valence-electron chi connectivity index (χ1n) is 8.14. The highest BCUT2D eigenvalue weighted by atomic mass is 16.5. The largest absolute Gasteiger partial charge is 0.484 e. The molecule has 0 saturated heterocycles. The molecule has 0 aromatic heterocycles. The molecule has 5 nitrogen and oxygen atoms in total. The summed E-state index contributed by atoms with van der Waals surface area (Å²) < 4.78 is 5.47. The Hall–Kier alpha value is -2.82. The quantitative estimate of drug-likeness (QED) is 0.941. The number of benzene rings is 2. The SMILES string of the molecule is O=C(COc1ccccc1)Nc1cc2c3c(c1)CCN3C(=O)CC2. The van der Waals surface area contributed by atoms with E-state index in [0.717, 1.165) is 41.9 Å². The van der Waals surface area contributed by atoms with E-state index in [1.807, 2.05) is 47.4 Å². The predicted octanol–water partition coefficient (Wildman–Crippen LogP) is 2.54. The van der Waals surface area contributed by atoms with Gasteiger partial charge in [0.2, 0.25) is 5.91 Å². The van der Waals surface area contributed by atoms with Crippen LogP contribution in [0.2, 0.25) is 0 Å². The fourth-order valence-corrected chi connectivity index (χ4v) is 3.39. The summed E-state index contributed by atoms with van der Waals surface area (Å²) in [5.41, 5.74) is 4.12. The van der Waals surface area contributed by atoms with Gasteiger partial charge in [0, 0.05) is 18.7 Å². The molecule has 2 aliphatic rings. The highest BCUT2D eigenvalue weighted by Crippen LogP contribution is 2.38. The van der Waals surface area contributed by atoms with Gasteiger partial charge in [0.15, 0.2) is 6.61 Å². The topological polar surface area (TPSA) is 58.6 Å². The first-order chi connectivity index (χ1) is 11.7. The van der Waals surface area contributed by atoms with Crippen LogP contribution in [0.4, 0.5) is 11.4 Å². The Balaban J connectivity index is 1.46. The molecule has 0 spiro atoms. The van der Waals surface area contributed by atoms with Crippen LogP contribution in [0.3, 0.4) is 0 Å². The molecule has 4 rings (SSSR count). The minimum atomic E-state index is -0.187. The fourth-order valence-electron chi connectivity index (χ4n) is 3.39. The molecule has 0 saturated carbocycles. The van der Waals surface area contributed by atoms with Crippen LogP contribution in [-0.4, -0.2) is 25.0 Å². The van der Waals surface area contributed by atoms with Gasteiger partial charge in [-0.15, -0.1) is 0 Å². The molecule has 0 radical (unpaired) electrons. The maximum absolute atomic E-state index is 12.1. The number of aryl methyl sites for hydroxylation is 1. The number of carbonyl (C=O) groups is 2. The van der Waals surface area contributed by atoms with Crippen LogP contribution < -0.4 is 15.0 Å². The van der Waals surface area contributed by atoms with Gasteiger partial charge >= 0.3 is 0 Å². The van der Waals surface area contributed by atoms with Gasteiger partial charge in [-0.2, -0.15) is 0 Å². The zero-order chi connectivity index (χ0) is 16.5. The number of carbonyl (C=O) groups excluding carboxylic acids is 2. The summed E-state index contributed by atoms with van der Waals surface area (Å²) >= 11 is 0. The number of hydrogen-bond donors (Lipinski definition) is 1. The molecule has 2 amide bonds. The van der Waals surface area contributed by atoms with E-state index >= 15 is 0 Å².